The van der Waals surface area contributed by atoms with Crippen molar-refractivity contribution in [3.05, 3.63) is 106 Å². The van der Waals surface area contributed by atoms with E-state index in [1.165, 1.54) is 27.1 Å². The van der Waals surface area contributed by atoms with Gasteiger partial charge in [0.1, 0.15) is 0 Å². The van der Waals surface area contributed by atoms with Crippen LogP contribution in [0.25, 0.3) is 10.8 Å². The minimum absolute atomic E-state index is 0.190. The van der Waals surface area contributed by atoms with Crippen LogP contribution in [0.1, 0.15) is 38.2 Å². The van der Waals surface area contributed by atoms with E-state index in [2.05, 4.69) is 23.5 Å². The second-order valence-corrected chi connectivity index (χ2v) is 11.2. The van der Waals surface area contributed by atoms with Crippen LogP contribution in [-0.2, 0) is 29.4 Å². The average molecular weight is 485 g/mol. The molecule has 1 N–H and O–H groups in total. The average Bonchev–Trinajstić information content (AvgIpc) is 3.25. The Hall–Kier alpha value is -3.64. The molecule has 0 aliphatic heterocycles. The summed E-state index contributed by atoms with van der Waals surface area (Å²) < 4.78 is 26.6. The van der Waals surface area contributed by atoms with E-state index in [9.17, 15) is 13.2 Å². The van der Waals surface area contributed by atoms with E-state index in [4.69, 9.17) is 0 Å². The molecular weight excluding hydrogens is 456 g/mol. The number of benzene rings is 4. The Morgan fingerprint density at radius 2 is 1.63 bits per heavy atom. The van der Waals surface area contributed by atoms with Gasteiger partial charge in [0.05, 0.1) is 18.5 Å². The number of carbonyl (C=O) groups excluding carboxylic acids is 1. The maximum Gasteiger partial charge on any atom is 0.255 e. The van der Waals surface area contributed by atoms with Crippen LogP contribution in [0.2, 0.25) is 0 Å². The fourth-order valence-corrected chi connectivity index (χ4v) is 5.78. The minimum Gasteiger partial charge on any atom is -0.321 e. The molecule has 1 aliphatic carbocycles. The summed E-state index contributed by atoms with van der Waals surface area (Å²) in [5.41, 5.74) is 7.35. The van der Waals surface area contributed by atoms with E-state index in [1.54, 1.807) is 12.1 Å². The number of amides is 1. The highest BCUT2D eigenvalue weighted by Crippen LogP contribution is 2.35. The topological polar surface area (TPSA) is 66.5 Å². The number of carbonyl (C=O) groups is 1. The van der Waals surface area contributed by atoms with Gasteiger partial charge in [-0.2, -0.15) is 0 Å². The Balaban J connectivity index is 1.38. The normalized spacial score (nSPS) is 12.7. The Morgan fingerprint density at radius 1 is 0.914 bits per heavy atom. The summed E-state index contributed by atoms with van der Waals surface area (Å²) in [6.07, 6.45) is 3.30. The van der Waals surface area contributed by atoms with Crippen molar-refractivity contribution in [2.75, 3.05) is 15.9 Å². The third-order valence-electron chi connectivity index (χ3n) is 6.70. The fraction of sp³-hybridized carbons (Fsp3) is 0.207. The van der Waals surface area contributed by atoms with Crippen molar-refractivity contribution >= 4 is 38.1 Å². The van der Waals surface area contributed by atoms with E-state index >= 15 is 0 Å². The first-order valence-corrected chi connectivity index (χ1v) is 13.5. The predicted octanol–water partition coefficient (Wildman–Crippen LogP) is 5.77. The minimum atomic E-state index is -3.49. The Labute approximate surface area is 206 Å². The third-order valence-corrected chi connectivity index (χ3v) is 7.83. The molecule has 1 amide bonds. The van der Waals surface area contributed by atoms with Crippen LogP contribution >= 0.6 is 0 Å². The standard InChI is InChI=1S/C29H28N2O3S/c1-19-7-8-20(2)27(17-19)31(35(3,33)34)18-21-9-11-24(12-10-21)29(32)30-26-16-15-23-14-13-22-5-4-6-25(26)28(22)23/h4-12,15-17H,13-14,18H2,1-3H3,(H,30,32). The van der Waals surface area contributed by atoms with Gasteiger partial charge in [0.2, 0.25) is 10.0 Å². The van der Waals surface area contributed by atoms with E-state index < -0.39 is 10.0 Å². The molecule has 178 valence electrons. The predicted molar refractivity (Wildman–Crippen MR) is 143 cm³/mol. The number of rotatable bonds is 6. The molecule has 0 spiro atoms. The second-order valence-electron chi connectivity index (χ2n) is 9.32. The highest BCUT2D eigenvalue weighted by Gasteiger charge is 2.21. The smallest absolute Gasteiger partial charge is 0.255 e. The third kappa shape index (κ3) is 4.54. The molecule has 6 heteroatoms. The van der Waals surface area contributed by atoms with E-state index in [1.807, 2.05) is 56.3 Å². The summed E-state index contributed by atoms with van der Waals surface area (Å²) in [7, 11) is -3.49. The fourth-order valence-electron chi connectivity index (χ4n) is 4.85. The largest absolute Gasteiger partial charge is 0.321 e. The molecule has 5 nitrogen and oxygen atoms in total. The van der Waals surface area contributed by atoms with Crippen LogP contribution < -0.4 is 9.62 Å². The molecule has 35 heavy (non-hydrogen) atoms. The summed E-state index contributed by atoms with van der Waals surface area (Å²) in [4.78, 5) is 13.0. The van der Waals surface area contributed by atoms with Crippen molar-refractivity contribution in [2.24, 2.45) is 0 Å². The van der Waals surface area contributed by atoms with Gasteiger partial charge in [-0.3, -0.25) is 9.10 Å². The molecule has 4 aromatic rings. The zero-order valence-electron chi connectivity index (χ0n) is 20.1. The van der Waals surface area contributed by atoms with Crippen LogP contribution in [0.3, 0.4) is 0 Å². The summed E-state index contributed by atoms with van der Waals surface area (Å²) >= 11 is 0. The number of nitrogens with zero attached hydrogens (tertiary/aromatic N) is 1. The second kappa shape index (κ2) is 8.86. The van der Waals surface area contributed by atoms with Gasteiger partial charge in [0.25, 0.3) is 5.91 Å². The van der Waals surface area contributed by atoms with Gasteiger partial charge in [0, 0.05) is 16.6 Å². The van der Waals surface area contributed by atoms with Crippen molar-refractivity contribution in [1.82, 2.24) is 0 Å². The highest BCUT2D eigenvalue weighted by molar-refractivity contribution is 7.92. The van der Waals surface area contributed by atoms with Crippen LogP contribution in [0, 0.1) is 13.8 Å². The van der Waals surface area contributed by atoms with Gasteiger partial charge in [-0.1, -0.05) is 48.5 Å². The van der Waals surface area contributed by atoms with E-state index in [-0.39, 0.29) is 12.5 Å². The maximum absolute atomic E-state index is 13.0. The molecule has 0 saturated heterocycles. The molecule has 0 heterocycles. The molecular formula is C29H28N2O3S. The van der Waals surface area contributed by atoms with E-state index in [0.717, 1.165) is 40.6 Å². The van der Waals surface area contributed by atoms with E-state index in [0.29, 0.717) is 11.3 Å². The van der Waals surface area contributed by atoms with Gasteiger partial charge in [-0.05, 0) is 84.2 Å². The molecule has 0 aromatic heterocycles. The van der Waals surface area contributed by atoms with Crippen molar-refractivity contribution in [2.45, 2.75) is 33.2 Å². The van der Waals surface area contributed by atoms with Crippen molar-refractivity contribution in [3.8, 4) is 0 Å². The summed E-state index contributed by atoms with van der Waals surface area (Å²) in [6.45, 7) is 4.04. The monoisotopic (exact) mass is 484 g/mol. The van der Waals surface area contributed by atoms with Gasteiger partial charge in [-0.25, -0.2) is 8.42 Å². The molecule has 0 fully saturated rings. The Kier molecular flexibility index (Phi) is 5.85. The zero-order chi connectivity index (χ0) is 24.7. The summed E-state index contributed by atoms with van der Waals surface area (Å²) in [5, 5.41) is 5.39. The lowest BCUT2D eigenvalue weighted by molar-refractivity contribution is 0.102. The first-order chi connectivity index (χ1) is 16.7. The number of sulfonamides is 1. The lowest BCUT2D eigenvalue weighted by Gasteiger charge is -2.25. The lowest BCUT2D eigenvalue weighted by Crippen LogP contribution is -2.30. The van der Waals surface area contributed by atoms with Gasteiger partial charge in [-0.15, -0.1) is 0 Å². The zero-order valence-corrected chi connectivity index (χ0v) is 20.9. The first-order valence-electron chi connectivity index (χ1n) is 11.7. The number of nitrogens with one attached hydrogen (secondary N) is 1. The molecule has 5 rings (SSSR count). The molecule has 1 aliphatic rings. The SMILES string of the molecule is Cc1ccc(C)c(N(Cc2ccc(C(=O)Nc3ccc4c5c(cccc35)CC4)cc2)S(C)(=O)=O)c1. The molecule has 0 radical (unpaired) electrons. The van der Waals surface area contributed by atoms with Crippen molar-refractivity contribution < 1.29 is 13.2 Å². The Morgan fingerprint density at radius 3 is 2.34 bits per heavy atom. The number of hydrogen-bond acceptors (Lipinski definition) is 3. The molecule has 4 aromatic carbocycles. The van der Waals surface area contributed by atoms with Gasteiger partial charge >= 0.3 is 0 Å². The highest BCUT2D eigenvalue weighted by atomic mass is 32.2. The summed E-state index contributed by atoms with van der Waals surface area (Å²) in [6, 6.07) is 23.2. The van der Waals surface area contributed by atoms with Crippen molar-refractivity contribution in [3.63, 3.8) is 0 Å². The van der Waals surface area contributed by atoms with Crippen LogP contribution in [0.15, 0.2) is 72.8 Å². The lowest BCUT2D eigenvalue weighted by atomic mass is 10.0. The molecule has 0 saturated carbocycles. The Bertz CT molecular complexity index is 1550. The molecule has 0 unspecified atom stereocenters. The number of aryl methyl sites for hydroxylation is 4. The van der Waals surface area contributed by atoms with Gasteiger partial charge < -0.3 is 5.32 Å². The number of hydrogen-bond donors (Lipinski definition) is 1. The van der Waals surface area contributed by atoms with Crippen LogP contribution in [0.5, 0.6) is 0 Å². The van der Waals surface area contributed by atoms with Crippen LogP contribution in [0.4, 0.5) is 11.4 Å². The summed E-state index contributed by atoms with van der Waals surface area (Å²) in [5.74, 6) is -0.190. The quantitative estimate of drug-likeness (QED) is 0.378. The van der Waals surface area contributed by atoms with Crippen LogP contribution in [-0.4, -0.2) is 20.6 Å². The maximum atomic E-state index is 13.0. The van der Waals surface area contributed by atoms with Gasteiger partial charge in [0.15, 0.2) is 0 Å². The molecule has 0 atom stereocenters. The number of anilines is 2. The first kappa shape index (κ1) is 23.1. The molecule has 0 bridgehead atoms. The van der Waals surface area contributed by atoms with Crippen molar-refractivity contribution in [1.29, 1.82) is 0 Å².